The first-order valence-corrected chi connectivity index (χ1v) is 7.99. The van der Waals surface area contributed by atoms with Crippen molar-refractivity contribution in [2.45, 2.75) is 51.7 Å². The first-order chi connectivity index (χ1) is 8.99. The lowest BCUT2D eigenvalue weighted by atomic mass is 9.85. The standard InChI is InChI=1S/C15H23BrClNO/c1-4-15(5-2,19-6-3)14(18)9-11-7-8-12(16)10-13(11)17/h7-8,10,14H,4-6,9,18H2,1-3H3. The summed E-state index contributed by atoms with van der Waals surface area (Å²) in [4.78, 5) is 0. The van der Waals surface area contributed by atoms with Gasteiger partial charge in [-0.05, 0) is 43.9 Å². The third kappa shape index (κ3) is 4.19. The molecule has 4 heteroatoms. The van der Waals surface area contributed by atoms with Crippen LogP contribution >= 0.6 is 27.5 Å². The van der Waals surface area contributed by atoms with Gasteiger partial charge in [0.15, 0.2) is 0 Å². The van der Waals surface area contributed by atoms with Gasteiger partial charge in [-0.3, -0.25) is 0 Å². The molecule has 0 saturated heterocycles. The second kappa shape index (κ2) is 7.63. The SMILES string of the molecule is CCOC(CC)(CC)C(N)Cc1ccc(Br)cc1Cl. The molecule has 1 aromatic rings. The van der Waals surface area contributed by atoms with Crippen molar-refractivity contribution in [3.63, 3.8) is 0 Å². The van der Waals surface area contributed by atoms with Crippen molar-refractivity contribution in [3.05, 3.63) is 33.3 Å². The quantitative estimate of drug-likeness (QED) is 0.783. The summed E-state index contributed by atoms with van der Waals surface area (Å²) < 4.78 is 6.93. The van der Waals surface area contributed by atoms with E-state index < -0.39 is 0 Å². The lowest BCUT2D eigenvalue weighted by molar-refractivity contribution is -0.0633. The van der Waals surface area contributed by atoms with Crippen molar-refractivity contribution in [1.29, 1.82) is 0 Å². The fourth-order valence-corrected chi connectivity index (χ4v) is 3.23. The summed E-state index contributed by atoms with van der Waals surface area (Å²) in [6.45, 7) is 6.95. The van der Waals surface area contributed by atoms with Crippen LogP contribution in [0.1, 0.15) is 39.2 Å². The van der Waals surface area contributed by atoms with Crippen LogP contribution in [-0.2, 0) is 11.2 Å². The molecule has 108 valence electrons. The lowest BCUT2D eigenvalue weighted by Crippen LogP contribution is -2.50. The number of rotatable bonds is 7. The highest BCUT2D eigenvalue weighted by Gasteiger charge is 2.34. The van der Waals surface area contributed by atoms with Crippen molar-refractivity contribution in [2.75, 3.05) is 6.61 Å². The van der Waals surface area contributed by atoms with Gasteiger partial charge in [0.25, 0.3) is 0 Å². The van der Waals surface area contributed by atoms with Crippen LogP contribution < -0.4 is 5.73 Å². The molecule has 0 bridgehead atoms. The van der Waals surface area contributed by atoms with E-state index >= 15 is 0 Å². The summed E-state index contributed by atoms with van der Waals surface area (Å²) in [5, 5.41) is 0.752. The zero-order chi connectivity index (χ0) is 14.5. The molecular formula is C15H23BrClNO. The van der Waals surface area contributed by atoms with Crippen molar-refractivity contribution < 1.29 is 4.74 Å². The third-order valence-corrected chi connectivity index (χ3v) is 4.60. The molecule has 0 saturated carbocycles. The Balaban J connectivity index is 2.89. The summed E-state index contributed by atoms with van der Waals surface area (Å²) in [7, 11) is 0. The summed E-state index contributed by atoms with van der Waals surface area (Å²) in [6.07, 6.45) is 2.55. The molecule has 0 heterocycles. The van der Waals surface area contributed by atoms with E-state index in [0.717, 1.165) is 34.3 Å². The zero-order valence-corrected chi connectivity index (χ0v) is 14.2. The minimum atomic E-state index is -0.259. The highest BCUT2D eigenvalue weighted by molar-refractivity contribution is 9.10. The molecule has 1 atom stereocenters. The first-order valence-electron chi connectivity index (χ1n) is 6.82. The van der Waals surface area contributed by atoms with Crippen LogP contribution in [0.5, 0.6) is 0 Å². The average molecular weight is 349 g/mol. The van der Waals surface area contributed by atoms with Crippen molar-refractivity contribution in [1.82, 2.24) is 0 Å². The zero-order valence-electron chi connectivity index (χ0n) is 11.9. The first kappa shape index (κ1) is 17.0. The monoisotopic (exact) mass is 347 g/mol. The van der Waals surface area contributed by atoms with E-state index in [1.807, 2.05) is 25.1 Å². The van der Waals surface area contributed by atoms with Crippen LogP contribution in [0.15, 0.2) is 22.7 Å². The molecule has 0 aromatic heterocycles. The summed E-state index contributed by atoms with van der Waals surface area (Å²) in [5.41, 5.74) is 7.22. The molecule has 1 aromatic carbocycles. The molecule has 2 nitrogen and oxygen atoms in total. The fraction of sp³-hybridized carbons (Fsp3) is 0.600. The van der Waals surface area contributed by atoms with Crippen LogP contribution in [-0.4, -0.2) is 18.2 Å². The Kier molecular flexibility index (Phi) is 6.81. The minimum absolute atomic E-state index is 0.0545. The molecule has 0 amide bonds. The predicted molar refractivity (Wildman–Crippen MR) is 85.8 cm³/mol. The molecule has 0 aliphatic carbocycles. The maximum absolute atomic E-state index is 6.40. The number of nitrogens with two attached hydrogens (primary N) is 1. The molecule has 2 N–H and O–H groups in total. The lowest BCUT2D eigenvalue weighted by Gasteiger charge is -2.37. The van der Waals surface area contributed by atoms with Gasteiger partial charge in [-0.1, -0.05) is 47.4 Å². The Labute approximate surface area is 129 Å². The molecule has 19 heavy (non-hydrogen) atoms. The molecule has 0 spiro atoms. The predicted octanol–water partition coefficient (Wildman–Crippen LogP) is 4.57. The van der Waals surface area contributed by atoms with E-state index in [0.29, 0.717) is 6.61 Å². The molecule has 1 rings (SSSR count). The number of ether oxygens (including phenoxy) is 1. The van der Waals surface area contributed by atoms with Gasteiger partial charge in [0.05, 0.1) is 5.60 Å². The summed E-state index contributed by atoms with van der Waals surface area (Å²) in [5.74, 6) is 0. The second-order valence-electron chi connectivity index (χ2n) is 4.75. The van der Waals surface area contributed by atoms with Crippen LogP contribution in [0.2, 0.25) is 5.02 Å². The fourth-order valence-electron chi connectivity index (χ4n) is 2.48. The summed E-state index contributed by atoms with van der Waals surface area (Å²) >= 11 is 9.67. The van der Waals surface area contributed by atoms with Gasteiger partial charge in [-0.15, -0.1) is 0 Å². The number of benzene rings is 1. The van der Waals surface area contributed by atoms with E-state index in [-0.39, 0.29) is 11.6 Å². The highest BCUT2D eigenvalue weighted by atomic mass is 79.9. The molecule has 0 aliphatic heterocycles. The van der Waals surface area contributed by atoms with Gasteiger partial charge >= 0.3 is 0 Å². The second-order valence-corrected chi connectivity index (χ2v) is 6.07. The average Bonchev–Trinajstić information content (AvgIpc) is 2.39. The van der Waals surface area contributed by atoms with Crippen molar-refractivity contribution in [3.8, 4) is 0 Å². The van der Waals surface area contributed by atoms with Gasteiger partial charge in [0.1, 0.15) is 0 Å². The van der Waals surface area contributed by atoms with Gasteiger partial charge in [-0.25, -0.2) is 0 Å². The Hall–Kier alpha value is -0.0900. The van der Waals surface area contributed by atoms with Gasteiger partial charge in [0, 0.05) is 22.1 Å². The normalized spacial score (nSPS) is 13.6. The topological polar surface area (TPSA) is 35.2 Å². The van der Waals surface area contributed by atoms with Crippen LogP contribution in [0.25, 0.3) is 0 Å². The molecule has 1 unspecified atom stereocenters. The largest absolute Gasteiger partial charge is 0.374 e. The van der Waals surface area contributed by atoms with E-state index in [4.69, 9.17) is 22.1 Å². The van der Waals surface area contributed by atoms with Crippen LogP contribution in [0.3, 0.4) is 0 Å². The van der Waals surface area contributed by atoms with E-state index in [2.05, 4.69) is 29.8 Å². The number of hydrogen-bond donors (Lipinski definition) is 1. The minimum Gasteiger partial charge on any atom is -0.374 e. The Morgan fingerprint density at radius 1 is 1.32 bits per heavy atom. The Bertz CT molecular complexity index is 407. The van der Waals surface area contributed by atoms with Crippen molar-refractivity contribution >= 4 is 27.5 Å². The van der Waals surface area contributed by atoms with Crippen LogP contribution in [0, 0.1) is 0 Å². The third-order valence-electron chi connectivity index (χ3n) is 3.76. The highest BCUT2D eigenvalue weighted by Crippen LogP contribution is 2.29. The van der Waals surface area contributed by atoms with Gasteiger partial charge < -0.3 is 10.5 Å². The molecule has 0 aliphatic rings. The summed E-state index contributed by atoms with van der Waals surface area (Å²) in [6, 6.07) is 5.87. The number of halogens is 2. The molecule has 0 fully saturated rings. The number of hydrogen-bond acceptors (Lipinski definition) is 2. The maximum atomic E-state index is 6.40. The smallest absolute Gasteiger partial charge is 0.0830 e. The Morgan fingerprint density at radius 3 is 2.42 bits per heavy atom. The van der Waals surface area contributed by atoms with E-state index in [1.165, 1.54) is 0 Å². The maximum Gasteiger partial charge on any atom is 0.0830 e. The van der Waals surface area contributed by atoms with Gasteiger partial charge in [-0.2, -0.15) is 0 Å². The Morgan fingerprint density at radius 2 is 1.95 bits per heavy atom. The van der Waals surface area contributed by atoms with Crippen molar-refractivity contribution in [2.24, 2.45) is 5.73 Å². The van der Waals surface area contributed by atoms with Gasteiger partial charge in [0.2, 0.25) is 0 Å². The van der Waals surface area contributed by atoms with E-state index in [1.54, 1.807) is 0 Å². The molecule has 0 radical (unpaired) electrons. The van der Waals surface area contributed by atoms with Crippen LogP contribution in [0.4, 0.5) is 0 Å². The molecular weight excluding hydrogens is 326 g/mol. The van der Waals surface area contributed by atoms with E-state index in [9.17, 15) is 0 Å².